The number of hydrogen-bond acceptors (Lipinski definition) is 4. The fraction of sp³-hybridized carbons (Fsp3) is 0.783. The van der Waals surface area contributed by atoms with Crippen LogP contribution in [0.5, 0.6) is 0 Å². The predicted molar refractivity (Wildman–Crippen MR) is 117 cm³/mol. The van der Waals surface area contributed by atoms with Gasteiger partial charge in [-0.1, -0.05) is 66.2 Å². The van der Waals surface area contributed by atoms with E-state index in [0.29, 0.717) is 25.5 Å². The smallest absolute Gasteiger partial charge is 0.273 e. The first kappa shape index (κ1) is 25.2. The molecule has 1 aromatic rings. The Hall–Kier alpha value is -1.85. The first-order valence-electron chi connectivity index (χ1n) is 11.6. The average Bonchev–Trinajstić information content (AvgIpc) is 3.19. The van der Waals surface area contributed by atoms with E-state index in [9.17, 15) is 9.59 Å². The van der Waals surface area contributed by atoms with Crippen LogP contribution in [0.2, 0.25) is 0 Å². The van der Waals surface area contributed by atoms with Gasteiger partial charge in [-0.15, -0.1) is 0 Å². The van der Waals surface area contributed by atoms with Crippen molar-refractivity contribution in [2.75, 3.05) is 13.1 Å². The van der Waals surface area contributed by atoms with E-state index in [2.05, 4.69) is 38.0 Å². The average molecular weight is 408 g/mol. The van der Waals surface area contributed by atoms with Gasteiger partial charge in [-0.3, -0.25) is 9.59 Å². The van der Waals surface area contributed by atoms with Crippen LogP contribution in [-0.4, -0.2) is 34.8 Å². The lowest BCUT2D eigenvalue weighted by Gasteiger charge is -2.26. The molecule has 0 saturated heterocycles. The molecule has 1 N–H and O–H groups in total. The van der Waals surface area contributed by atoms with Crippen molar-refractivity contribution in [3.05, 3.63) is 17.8 Å². The SMILES string of the molecule is CCCCCNC(=O)c1coc(CN(CCCCC)C(=O)[C@H](CC)CCCC)n1. The van der Waals surface area contributed by atoms with E-state index in [1.807, 2.05) is 4.90 Å². The van der Waals surface area contributed by atoms with Crippen LogP contribution in [0.25, 0.3) is 0 Å². The van der Waals surface area contributed by atoms with Crippen molar-refractivity contribution in [2.24, 2.45) is 5.92 Å². The monoisotopic (exact) mass is 407 g/mol. The van der Waals surface area contributed by atoms with Crippen molar-refractivity contribution < 1.29 is 14.0 Å². The second kappa shape index (κ2) is 15.1. The Morgan fingerprint density at radius 1 is 1.03 bits per heavy atom. The Labute approximate surface area is 176 Å². The number of oxazole rings is 1. The molecule has 1 rings (SSSR count). The van der Waals surface area contributed by atoms with Gasteiger partial charge < -0.3 is 14.6 Å². The highest BCUT2D eigenvalue weighted by Gasteiger charge is 2.24. The van der Waals surface area contributed by atoms with Crippen LogP contribution in [0, 0.1) is 5.92 Å². The molecule has 6 heteroatoms. The van der Waals surface area contributed by atoms with Crippen LogP contribution >= 0.6 is 0 Å². The largest absolute Gasteiger partial charge is 0.446 e. The highest BCUT2D eigenvalue weighted by Crippen LogP contribution is 2.18. The first-order chi connectivity index (χ1) is 14.1. The van der Waals surface area contributed by atoms with E-state index < -0.39 is 0 Å². The highest BCUT2D eigenvalue weighted by molar-refractivity contribution is 5.91. The van der Waals surface area contributed by atoms with Gasteiger partial charge in [-0.2, -0.15) is 0 Å². The number of carbonyl (C=O) groups excluding carboxylic acids is 2. The quantitative estimate of drug-likeness (QED) is 0.376. The third kappa shape index (κ3) is 9.46. The maximum atomic E-state index is 13.1. The van der Waals surface area contributed by atoms with E-state index >= 15 is 0 Å². The Morgan fingerprint density at radius 2 is 1.72 bits per heavy atom. The van der Waals surface area contributed by atoms with Gasteiger partial charge in [0.25, 0.3) is 5.91 Å². The molecule has 0 aliphatic carbocycles. The maximum absolute atomic E-state index is 13.1. The summed E-state index contributed by atoms with van der Waals surface area (Å²) in [5, 5.41) is 2.87. The number of rotatable bonds is 16. The molecule has 0 unspecified atom stereocenters. The lowest BCUT2D eigenvalue weighted by molar-refractivity contribution is -0.137. The van der Waals surface area contributed by atoms with E-state index in [4.69, 9.17) is 4.42 Å². The lowest BCUT2D eigenvalue weighted by Crippen LogP contribution is -2.36. The molecule has 1 heterocycles. The molecule has 0 aliphatic heterocycles. The summed E-state index contributed by atoms with van der Waals surface area (Å²) in [6, 6.07) is 0. The summed E-state index contributed by atoms with van der Waals surface area (Å²) in [5.74, 6) is 0.446. The zero-order valence-electron chi connectivity index (χ0n) is 19.0. The summed E-state index contributed by atoms with van der Waals surface area (Å²) in [4.78, 5) is 31.5. The standard InChI is InChI=1S/C23H41N3O3/c1-5-9-12-15-24-22(27)20-18-29-21(25-20)17-26(16-13-10-6-2)23(28)19(8-4)14-11-7-3/h18-19H,5-17H2,1-4H3,(H,24,27)/t19-/m1/s1. The second-order valence-corrected chi connectivity index (χ2v) is 7.80. The van der Waals surface area contributed by atoms with Gasteiger partial charge in [0.05, 0.1) is 6.54 Å². The molecule has 6 nitrogen and oxygen atoms in total. The van der Waals surface area contributed by atoms with Gasteiger partial charge in [0.1, 0.15) is 6.26 Å². The number of nitrogens with zero attached hydrogens (tertiary/aromatic N) is 2. The molecule has 1 atom stereocenters. The van der Waals surface area contributed by atoms with Crippen LogP contribution < -0.4 is 5.32 Å². The molecule has 0 bridgehead atoms. The van der Waals surface area contributed by atoms with Gasteiger partial charge >= 0.3 is 0 Å². The summed E-state index contributed by atoms with van der Waals surface area (Å²) in [6.07, 6.45) is 11.7. The molecule has 0 radical (unpaired) electrons. The number of unbranched alkanes of at least 4 members (excludes halogenated alkanes) is 5. The van der Waals surface area contributed by atoms with Gasteiger partial charge in [0.15, 0.2) is 5.69 Å². The third-order valence-corrected chi connectivity index (χ3v) is 5.27. The van der Waals surface area contributed by atoms with Gasteiger partial charge in [-0.05, 0) is 25.7 Å². The fourth-order valence-corrected chi connectivity index (χ4v) is 3.35. The van der Waals surface area contributed by atoms with E-state index in [-0.39, 0.29) is 23.4 Å². The predicted octanol–water partition coefficient (Wildman–Crippen LogP) is 5.33. The maximum Gasteiger partial charge on any atom is 0.273 e. The molecule has 0 saturated carbocycles. The minimum absolute atomic E-state index is 0.0490. The van der Waals surface area contributed by atoms with Crippen LogP contribution in [-0.2, 0) is 11.3 Å². The Morgan fingerprint density at radius 3 is 2.38 bits per heavy atom. The molecule has 29 heavy (non-hydrogen) atoms. The van der Waals surface area contributed by atoms with Crippen LogP contribution in [0.4, 0.5) is 0 Å². The van der Waals surface area contributed by atoms with Gasteiger partial charge in [0, 0.05) is 19.0 Å². The third-order valence-electron chi connectivity index (χ3n) is 5.27. The second-order valence-electron chi connectivity index (χ2n) is 7.80. The Bertz CT molecular complexity index is 586. The molecule has 1 aromatic heterocycles. The number of aromatic nitrogens is 1. The van der Waals surface area contributed by atoms with Gasteiger partial charge in [-0.25, -0.2) is 4.98 Å². The van der Waals surface area contributed by atoms with Crippen molar-refractivity contribution in [3.8, 4) is 0 Å². The number of hydrogen-bond donors (Lipinski definition) is 1. The fourth-order valence-electron chi connectivity index (χ4n) is 3.35. The van der Waals surface area contributed by atoms with Crippen LogP contribution in [0.3, 0.4) is 0 Å². The van der Waals surface area contributed by atoms with E-state index in [1.54, 1.807) is 0 Å². The molecule has 2 amide bonds. The number of amides is 2. The zero-order valence-corrected chi connectivity index (χ0v) is 19.0. The summed E-state index contributed by atoms with van der Waals surface area (Å²) in [6.45, 7) is 10.2. The minimum atomic E-state index is -0.214. The molecule has 166 valence electrons. The topological polar surface area (TPSA) is 75.4 Å². The van der Waals surface area contributed by atoms with Crippen molar-refractivity contribution in [1.29, 1.82) is 0 Å². The molecule has 0 aliphatic rings. The normalized spacial score (nSPS) is 12.0. The van der Waals surface area contributed by atoms with Crippen molar-refractivity contribution in [1.82, 2.24) is 15.2 Å². The molecular formula is C23H41N3O3. The number of nitrogens with one attached hydrogen (secondary N) is 1. The molecule has 0 spiro atoms. The Balaban J connectivity index is 2.74. The Kier molecular flexibility index (Phi) is 13.1. The number of carbonyl (C=O) groups is 2. The van der Waals surface area contributed by atoms with Crippen LogP contribution in [0.1, 0.15) is 108 Å². The lowest BCUT2D eigenvalue weighted by atomic mass is 9.97. The van der Waals surface area contributed by atoms with Crippen LogP contribution in [0.15, 0.2) is 10.7 Å². The van der Waals surface area contributed by atoms with E-state index in [0.717, 1.165) is 64.2 Å². The van der Waals surface area contributed by atoms with Gasteiger partial charge in [0.2, 0.25) is 11.8 Å². The minimum Gasteiger partial charge on any atom is -0.446 e. The summed E-state index contributed by atoms with van der Waals surface area (Å²) in [5.41, 5.74) is 0.287. The molecular weight excluding hydrogens is 366 g/mol. The van der Waals surface area contributed by atoms with Crippen molar-refractivity contribution in [3.63, 3.8) is 0 Å². The van der Waals surface area contributed by atoms with Crippen molar-refractivity contribution >= 4 is 11.8 Å². The molecule has 0 aromatic carbocycles. The summed E-state index contributed by atoms with van der Waals surface area (Å²) >= 11 is 0. The first-order valence-corrected chi connectivity index (χ1v) is 11.6. The van der Waals surface area contributed by atoms with Crippen molar-refractivity contribution in [2.45, 2.75) is 98.4 Å². The summed E-state index contributed by atoms with van der Waals surface area (Å²) in [7, 11) is 0. The molecule has 0 fully saturated rings. The zero-order chi connectivity index (χ0) is 21.5. The summed E-state index contributed by atoms with van der Waals surface area (Å²) < 4.78 is 5.53. The highest BCUT2D eigenvalue weighted by atomic mass is 16.3. The van der Waals surface area contributed by atoms with E-state index in [1.165, 1.54) is 6.26 Å².